The van der Waals surface area contributed by atoms with Crippen LogP contribution in [0.1, 0.15) is 18.1 Å². The summed E-state index contributed by atoms with van der Waals surface area (Å²) >= 11 is 6.05. The van der Waals surface area contributed by atoms with Crippen molar-refractivity contribution in [1.82, 2.24) is 0 Å². The maximum absolute atomic E-state index is 6.05. The number of halogens is 1. The summed E-state index contributed by atoms with van der Waals surface area (Å²) in [7, 11) is 1.70. The third-order valence-corrected chi connectivity index (χ3v) is 3.26. The topological polar surface area (TPSA) is 30.5 Å². The van der Waals surface area contributed by atoms with Gasteiger partial charge in [-0.15, -0.1) is 0 Å². The molecule has 0 bridgehead atoms. The molecule has 2 rings (SSSR count). The maximum Gasteiger partial charge on any atom is 0.142 e. The lowest BCUT2D eigenvalue weighted by Crippen LogP contribution is -2.03. The number of hydrogen-bond acceptors (Lipinski definition) is 3. The highest BCUT2D eigenvalue weighted by molar-refractivity contribution is 6.30. The fourth-order valence-electron chi connectivity index (χ4n) is 2.12. The van der Waals surface area contributed by atoms with Crippen LogP contribution in [-0.2, 0) is 17.9 Å². The number of rotatable bonds is 7. The van der Waals surface area contributed by atoms with Crippen molar-refractivity contribution in [2.75, 3.05) is 19.0 Å². The van der Waals surface area contributed by atoms with Gasteiger partial charge in [-0.1, -0.05) is 35.9 Å². The van der Waals surface area contributed by atoms with Crippen LogP contribution < -0.4 is 10.1 Å². The van der Waals surface area contributed by atoms with Gasteiger partial charge >= 0.3 is 0 Å². The van der Waals surface area contributed by atoms with E-state index in [0.717, 1.165) is 17.0 Å². The van der Waals surface area contributed by atoms with Crippen LogP contribution in [0.15, 0.2) is 42.5 Å². The molecule has 4 heteroatoms. The van der Waals surface area contributed by atoms with Crippen molar-refractivity contribution in [1.29, 1.82) is 0 Å². The molecule has 1 N–H and O–H groups in total. The molecule has 0 saturated heterocycles. The summed E-state index contributed by atoms with van der Waals surface area (Å²) in [6.07, 6.45) is 0. The first-order valence-electron chi connectivity index (χ1n) is 6.96. The van der Waals surface area contributed by atoms with Crippen molar-refractivity contribution in [2.45, 2.75) is 20.1 Å². The molecule has 2 aromatic carbocycles. The minimum absolute atomic E-state index is 0.620. The average molecular weight is 306 g/mol. The van der Waals surface area contributed by atoms with E-state index in [4.69, 9.17) is 21.1 Å². The Labute approximate surface area is 130 Å². The number of ether oxygens (including phenoxy) is 2. The molecule has 0 fully saturated rings. The molecular formula is C17H20ClNO2. The highest BCUT2D eigenvalue weighted by atomic mass is 35.5. The Morgan fingerprint density at radius 2 is 1.90 bits per heavy atom. The second-order valence-corrected chi connectivity index (χ2v) is 5.12. The molecule has 0 spiro atoms. The fourth-order valence-corrected chi connectivity index (χ4v) is 2.29. The summed E-state index contributed by atoms with van der Waals surface area (Å²) in [5.41, 5.74) is 3.25. The lowest BCUT2D eigenvalue weighted by molar-refractivity contribution is 0.185. The van der Waals surface area contributed by atoms with E-state index in [2.05, 4.69) is 23.5 Å². The monoisotopic (exact) mass is 305 g/mol. The lowest BCUT2D eigenvalue weighted by atomic mass is 10.1. The predicted molar refractivity (Wildman–Crippen MR) is 87.1 cm³/mol. The van der Waals surface area contributed by atoms with Crippen LogP contribution in [0.5, 0.6) is 5.75 Å². The Morgan fingerprint density at radius 3 is 2.67 bits per heavy atom. The molecule has 0 radical (unpaired) electrons. The molecule has 21 heavy (non-hydrogen) atoms. The van der Waals surface area contributed by atoms with E-state index in [9.17, 15) is 0 Å². The van der Waals surface area contributed by atoms with Crippen LogP contribution in [0, 0.1) is 0 Å². The van der Waals surface area contributed by atoms with Gasteiger partial charge in [0.25, 0.3) is 0 Å². The SMILES string of the molecule is CCOc1ccc(Cl)cc1NCc1cccc(COC)c1. The Kier molecular flexibility index (Phi) is 5.90. The van der Waals surface area contributed by atoms with Crippen LogP contribution in [0.4, 0.5) is 5.69 Å². The van der Waals surface area contributed by atoms with Gasteiger partial charge in [0, 0.05) is 18.7 Å². The lowest BCUT2D eigenvalue weighted by Gasteiger charge is -2.13. The number of nitrogens with one attached hydrogen (secondary N) is 1. The van der Waals surface area contributed by atoms with Crippen molar-refractivity contribution < 1.29 is 9.47 Å². The highest BCUT2D eigenvalue weighted by Gasteiger charge is 2.04. The molecule has 0 unspecified atom stereocenters. The van der Waals surface area contributed by atoms with E-state index in [1.54, 1.807) is 7.11 Å². The van der Waals surface area contributed by atoms with Crippen LogP contribution in [0.2, 0.25) is 5.02 Å². The first-order valence-corrected chi connectivity index (χ1v) is 7.33. The molecule has 112 valence electrons. The minimum Gasteiger partial charge on any atom is -0.492 e. The molecule has 0 aliphatic carbocycles. The molecule has 0 amide bonds. The van der Waals surface area contributed by atoms with Gasteiger partial charge in [-0.3, -0.25) is 0 Å². The van der Waals surface area contributed by atoms with Gasteiger partial charge in [-0.25, -0.2) is 0 Å². The zero-order valence-electron chi connectivity index (χ0n) is 12.4. The Bertz CT molecular complexity index is 587. The largest absolute Gasteiger partial charge is 0.492 e. The number of anilines is 1. The van der Waals surface area contributed by atoms with E-state index in [0.29, 0.717) is 24.8 Å². The molecule has 0 saturated carbocycles. The normalized spacial score (nSPS) is 10.4. The fraction of sp³-hybridized carbons (Fsp3) is 0.294. The van der Waals surface area contributed by atoms with Gasteiger partial charge in [-0.2, -0.15) is 0 Å². The van der Waals surface area contributed by atoms with Crippen molar-refractivity contribution >= 4 is 17.3 Å². The number of methoxy groups -OCH3 is 1. The third kappa shape index (κ3) is 4.66. The summed E-state index contributed by atoms with van der Waals surface area (Å²) in [6.45, 7) is 3.92. The van der Waals surface area contributed by atoms with Gasteiger partial charge < -0.3 is 14.8 Å². The average Bonchev–Trinajstić information content (AvgIpc) is 2.48. The minimum atomic E-state index is 0.620. The molecule has 3 nitrogen and oxygen atoms in total. The van der Waals surface area contributed by atoms with E-state index in [-0.39, 0.29) is 0 Å². The molecule has 0 aromatic heterocycles. The van der Waals surface area contributed by atoms with Crippen LogP contribution in [-0.4, -0.2) is 13.7 Å². The summed E-state index contributed by atoms with van der Waals surface area (Å²) in [5.74, 6) is 0.815. The molecular weight excluding hydrogens is 286 g/mol. The second-order valence-electron chi connectivity index (χ2n) is 4.68. The van der Waals surface area contributed by atoms with Gasteiger partial charge in [0.2, 0.25) is 0 Å². The van der Waals surface area contributed by atoms with Crippen LogP contribution >= 0.6 is 11.6 Å². The second kappa shape index (κ2) is 7.91. The Balaban J connectivity index is 2.08. The van der Waals surface area contributed by atoms with Crippen LogP contribution in [0.25, 0.3) is 0 Å². The standard InChI is InChI=1S/C17H20ClNO2/c1-3-21-17-8-7-15(18)10-16(17)19-11-13-5-4-6-14(9-13)12-20-2/h4-10,19H,3,11-12H2,1-2H3. The third-order valence-electron chi connectivity index (χ3n) is 3.03. The van der Waals surface area contributed by atoms with Crippen molar-refractivity contribution in [3.63, 3.8) is 0 Å². The Morgan fingerprint density at radius 1 is 1.10 bits per heavy atom. The first-order chi connectivity index (χ1) is 10.2. The quantitative estimate of drug-likeness (QED) is 0.817. The van der Waals surface area contributed by atoms with Crippen molar-refractivity contribution in [2.24, 2.45) is 0 Å². The smallest absolute Gasteiger partial charge is 0.142 e. The summed E-state index contributed by atoms with van der Waals surface area (Å²) in [5, 5.41) is 4.06. The Hall–Kier alpha value is -1.71. The van der Waals surface area contributed by atoms with E-state index < -0.39 is 0 Å². The first kappa shape index (κ1) is 15.7. The maximum atomic E-state index is 6.05. The van der Waals surface area contributed by atoms with E-state index in [1.165, 1.54) is 5.56 Å². The zero-order valence-corrected chi connectivity index (χ0v) is 13.1. The van der Waals surface area contributed by atoms with Gasteiger partial charge in [0.1, 0.15) is 5.75 Å². The highest BCUT2D eigenvalue weighted by Crippen LogP contribution is 2.28. The van der Waals surface area contributed by atoms with Gasteiger partial charge in [0.05, 0.1) is 18.9 Å². The van der Waals surface area contributed by atoms with E-state index >= 15 is 0 Å². The molecule has 0 heterocycles. The molecule has 0 atom stereocenters. The molecule has 0 aliphatic heterocycles. The van der Waals surface area contributed by atoms with Crippen LogP contribution in [0.3, 0.4) is 0 Å². The van der Waals surface area contributed by atoms with Gasteiger partial charge in [-0.05, 0) is 36.2 Å². The predicted octanol–water partition coefficient (Wildman–Crippen LogP) is 4.50. The molecule has 2 aromatic rings. The summed E-state index contributed by atoms with van der Waals surface area (Å²) in [6, 6.07) is 13.9. The van der Waals surface area contributed by atoms with E-state index in [1.807, 2.05) is 31.2 Å². The van der Waals surface area contributed by atoms with Crippen molar-refractivity contribution in [3.8, 4) is 5.75 Å². The summed E-state index contributed by atoms with van der Waals surface area (Å²) < 4.78 is 10.8. The zero-order chi connectivity index (χ0) is 15.1. The summed E-state index contributed by atoms with van der Waals surface area (Å²) in [4.78, 5) is 0. The molecule has 0 aliphatic rings. The van der Waals surface area contributed by atoms with Crippen molar-refractivity contribution in [3.05, 3.63) is 58.6 Å². The number of hydrogen-bond donors (Lipinski definition) is 1. The van der Waals surface area contributed by atoms with Gasteiger partial charge in [0.15, 0.2) is 0 Å². The number of benzene rings is 2.